The second-order valence-corrected chi connectivity index (χ2v) is 7.52. The van der Waals surface area contributed by atoms with Crippen LogP contribution < -0.4 is 4.74 Å². The van der Waals surface area contributed by atoms with Gasteiger partial charge < -0.3 is 19.3 Å². The third-order valence-electron chi connectivity index (χ3n) is 6.14. The average Bonchev–Trinajstić information content (AvgIpc) is 3.31. The van der Waals surface area contributed by atoms with Gasteiger partial charge in [-0.3, -0.25) is 4.79 Å². The van der Waals surface area contributed by atoms with Crippen LogP contribution in [0.4, 0.5) is 0 Å². The van der Waals surface area contributed by atoms with Crippen LogP contribution >= 0.6 is 0 Å². The fraction of sp³-hybridized carbons (Fsp3) is 0.545. The average molecular weight is 388 g/mol. The molecule has 6 nitrogen and oxygen atoms in total. The number of esters is 2. The number of hydrogen-bond acceptors (Lipinski definition) is 6. The molecule has 0 aromatic heterocycles. The molecule has 1 aromatic rings. The summed E-state index contributed by atoms with van der Waals surface area (Å²) in [4.78, 5) is 24.7. The van der Waals surface area contributed by atoms with Crippen LogP contribution in [0.25, 0.3) is 0 Å². The summed E-state index contributed by atoms with van der Waals surface area (Å²) < 4.78 is 16.0. The van der Waals surface area contributed by atoms with Crippen LogP contribution in [0.3, 0.4) is 0 Å². The SMILES string of the molecule is CCOC(=O)C1(/C(C)=C/Cc2c(O)c3c(c(C)c2OC)COC3=O)CCCC1. The van der Waals surface area contributed by atoms with Crippen molar-refractivity contribution in [3.05, 3.63) is 33.9 Å². The number of rotatable bonds is 6. The van der Waals surface area contributed by atoms with E-state index in [0.717, 1.165) is 36.8 Å². The first-order valence-electron chi connectivity index (χ1n) is 9.80. The number of methoxy groups -OCH3 is 1. The number of cyclic esters (lactones) is 1. The van der Waals surface area contributed by atoms with Crippen molar-refractivity contribution in [1.82, 2.24) is 0 Å². The summed E-state index contributed by atoms with van der Waals surface area (Å²) in [5.41, 5.74) is 2.56. The quantitative estimate of drug-likeness (QED) is 0.586. The molecule has 1 heterocycles. The Hall–Kier alpha value is -2.50. The summed E-state index contributed by atoms with van der Waals surface area (Å²) in [6, 6.07) is 0. The maximum atomic E-state index is 12.7. The third kappa shape index (κ3) is 3.15. The predicted molar refractivity (Wildman–Crippen MR) is 104 cm³/mol. The van der Waals surface area contributed by atoms with Gasteiger partial charge in [-0.2, -0.15) is 0 Å². The molecule has 3 rings (SSSR count). The molecular weight excluding hydrogens is 360 g/mol. The summed E-state index contributed by atoms with van der Waals surface area (Å²) in [5, 5.41) is 10.8. The first kappa shape index (κ1) is 20.2. The third-order valence-corrected chi connectivity index (χ3v) is 6.14. The lowest BCUT2D eigenvalue weighted by atomic mass is 9.78. The van der Waals surface area contributed by atoms with Crippen LogP contribution in [0.2, 0.25) is 0 Å². The number of allylic oxidation sites excluding steroid dienone is 1. The summed E-state index contributed by atoms with van der Waals surface area (Å²) >= 11 is 0. The molecule has 1 fully saturated rings. The lowest BCUT2D eigenvalue weighted by molar-refractivity contribution is -0.152. The minimum absolute atomic E-state index is 0.0967. The van der Waals surface area contributed by atoms with Crippen molar-refractivity contribution in [2.45, 2.75) is 59.5 Å². The van der Waals surface area contributed by atoms with Crippen molar-refractivity contribution in [2.24, 2.45) is 5.41 Å². The first-order chi connectivity index (χ1) is 13.4. The molecule has 0 saturated heterocycles. The van der Waals surface area contributed by atoms with E-state index in [1.54, 1.807) is 7.11 Å². The van der Waals surface area contributed by atoms with Gasteiger partial charge in [-0.15, -0.1) is 0 Å². The Labute approximate surface area is 165 Å². The monoisotopic (exact) mass is 388 g/mol. The Morgan fingerprint density at radius 3 is 2.61 bits per heavy atom. The van der Waals surface area contributed by atoms with E-state index in [2.05, 4.69) is 0 Å². The molecule has 1 N–H and O–H groups in total. The molecule has 1 aliphatic carbocycles. The highest BCUT2D eigenvalue weighted by molar-refractivity contribution is 5.98. The molecule has 0 radical (unpaired) electrons. The summed E-state index contributed by atoms with van der Waals surface area (Å²) in [5.74, 6) is -0.235. The lowest BCUT2D eigenvalue weighted by Gasteiger charge is -2.28. The maximum Gasteiger partial charge on any atom is 0.342 e. The van der Waals surface area contributed by atoms with Crippen LogP contribution in [-0.4, -0.2) is 30.8 Å². The molecule has 1 aromatic carbocycles. The maximum absolute atomic E-state index is 12.7. The summed E-state index contributed by atoms with van der Waals surface area (Å²) in [7, 11) is 1.54. The number of carbonyl (C=O) groups excluding carboxylic acids is 2. The van der Waals surface area contributed by atoms with E-state index in [0.29, 0.717) is 29.9 Å². The largest absolute Gasteiger partial charge is 0.507 e. The molecule has 1 aliphatic heterocycles. The fourth-order valence-corrected chi connectivity index (χ4v) is 4.49. The van der Waals surface area contributed by atoms with Crippen molar-refractivity contribution in [2.75, 3.05) is 13.7 Å². The Balaban J connectivity index is 2.00. The molecule has 28 heavy (non-hydrogen) atoms. The summed E-state index contributed by atoms with van der Waals surface area (Å²) in [6.07, 6.45) is 5.82. The topological polar surface area (TPSA) is 82.1 Å². The minimum Gasteiger partial charge on any atom is -0.507 e. The van der Waals surface area contributed by atoms with Crippen LogP contribution in [-0.2, 0) is 27.3 Å². The van der Waals surface area contributed by atoms with Gasteiger partial charge in [0.2, 0.25) is 0 Å². The van der Waals surface area contributed by atoms with Gasteiger partial charge in [-0.25, -0.2) is 4.79 Å². The van der Waals surface area contributed by atoms with Gasteiger partial charge in [0.05, 0.1) is 19.1 Å². The molecule has 0 atom stereocenters. The second kappa shape index (κ2) is 7.86. The van der Waals surface area contributed by atoms with Gasteiger partial charge >= 0.3 is 11.9 Å². The van der Waals surface area contributed by atoms with Crippen LogP contribution in [0.5, 0.6) is 11.5 Å². The van der Waals surface area contributed by atoms with Crippen LogP contribution in [0.1, 0.15) is 66.6 Å². The number of fused-ring (bicyclic) bond motifs is 1. The van der Waals surface area contributed by atoms with E-state index in [1.807, 2.05) is 26.8 Å². The van der Waals surface area contributed by atoms with Crippen molar-refractivity contribution in [1.29, 1.82) is 0 Å². The van der Waals surface area contributed by atoms with E-state index < -0.39 is 11.4 Å². The molecule has 0 unspecified atom stereocenters. The molecule has 0 spiro atoms. The Morgan fingerprint density at radius 2 is 2.00 bits per heavy atom. The van der Waals surface area contributed by atoms with E-state index >= 15 is 0 Å². The van der Waals surface area contributed by atoms with Crippen molar-refractivity contribution < 1.29 is 28.9 Å². The van der Waals surface area contributed by atoms with Crippen molar-refractivity contribution in [3.63, 3.8) is 0 Å². The zero-order chi connectivity index (χ0) is 20.5. The van der Waals surface area contributed by atoms with E-state index in [4.69, 9.17) is 14.2 Å². The normalized spacial score (nSPS) is 18.0. The van der Waals surface area contributed by atoms with Crippen LogP contribution in [0.15, 0.2) is 11.6 Å². The molecule has 1 saturated carbocycles. The number of phenols is 1. The molecule has 2 aliphatic rings. The molecule has 0 bridgehead atoms. The van der Waals surface area contributed by atoms with Crippen molar-refractivity contribution in [3.8, 4) is 11.5 Å². The number of phenolic OH excluding ortho intramolecular Hbond substituents is 1. The van der Waals surface area contributed by atoms with Gasteiger partial charge in [0.25, 0.3) is 0 Å². The Morgan fingerprint density at radius 1 is 1.32 bits per heavy atom. The molecule has 0 amide bonds. The van der Waals surface area contributed by atoms with Crippen molar-refractivity contribution >= 4 is 11.9 Å². The van der Waals surface area contributed by atoms with Gasteiger partial charge in [-0.05, 0) is 45.6 Å². The second-order valence-electron chi connectivity index (χ2n) is 7.52. The number of ether oxygens (including phenoxy) is 3. The first-order valence-corrected chi connectivity index (χ1v) is 9.80. The fourth-order valence-electron chi connectivity index (χ4n) is 4.49. The van der Waals surface area contributed by atoms with Crippen LogP contribution in [0, 0.1) is 12.3 Å². The number of hydrogen-bond donors (Lipinski definition) is 1. The lowest BCUT2D eigenvalue weighted by Crippen LogP contribution is -2.31. The number of benzene rings is 1. The number of aromatic hydroxyl groups is 1. The standard InChI is InChI=1S/C22H28O6/c1-5-27-21(25)22(10-6-7-11-22)13(2)8-9-15-18(23)17-16(12-28-20(17)24)14(3)19(15)26-4/h8,23H,5-7,9-12H2,1-4H3/b13-8+. The minimum atomic E-state index is -0.594. The van der Waals surface area contributed by atoms with Gasteiger partial charge in [0.15, 0.2) is 0 Å². The molecule has 152 valence electrons. The molecular formula is C22H28O6. The van der Waals surface area contributed by atoms with E-state index in [-0.39, 0.29) is 23.9 Å². The van der Waals surface area contributed by atoms with Gasteiger partial charge in [0, 0.05) is 11.1 Å². The van der Waals surface area contributed by atoms with Gasteiger partial charge in [0.1, 0.15) is 23.7 Å². The zero-order valence-corrected chi connectivity index (χ0v) is 17.0. The zero-order valence-electron chi connectivity index (χ0n) is 17.0. The highest BCUT2D eigenvalue weighted by atomic mass is 16.5. The Kier molecular flexibility index (Phi) is 5.68. The highest BCUT2D eigenvalue weighted by Gasteiger charge is 2.44. The number of carbonyl (C=O) groups is 2. The molecule has 6 heteroatoms. The van der Waals surface area contributed by atoms with E-state index in [9.17, 15) is 14.7 Å². The smallest absolute Gasteiger partial charge is 0.342 e. The predicted octanol–water partition coefficient (Wildman–Crippen LogP) is 3.99. The Bertz CT molecular complexity index is 830. The highest BCUT2D eigenvalue weighted by Crippen LogP contribution is 2.46. The van der Waals surface area contributed by atoms with E-state index in [1.165, 1.54) is 0 Å². The van der Waals surface area contributed by atoms with Gasteiger partial charge in [-0.1, -0.05) is 24.5 Å². The summed E-state index contributed by atoms with van der Waals surface area (Å²) in [6.45, 7) is 6.12.